The predicted octanol–water partition coefficient (Wildman–Crippen LogP) is 0.753. The summed E-state index contributed by atoms with van der Waals surface area (Å²) in [4.78, 5) is 61.1. The predicted molar refractivity (Wildman–Crippen MR) is 112 cm³/mol. The third-order valence-corrected chi connectivity index (χ3v) is 6.65. The Morgan fingerprint density at radius 3 is 2.47 bits per heavy atom. The number of phenols is 1. The Morgan fingerprint density at radius 1 is 1.21 bits per heavy atom. The molecule has 1 saturated carbocycles. The normalized spacial score (nSPS) is 28.1. The summed E-state index contributed by atoms with van der Waals surface area (Å²) < 4.78 is 5.49. The van der Waals surface area contributed by atoms with Gasteiger partial charge in [-0.25, -0.2) is 0 Å². The number of hydrogen-bond donors (Lipinski definition) is 5. The van der Waals surface area contributed by atoms with E-state index in [9.17, 15) is 44.5 Å². The summed E-state index contributed by atoms with van der Waals surface area (Å²) >= 11 is 0. The van der Waals surface area contributed by atoms with Gasteiger partial charge in [-0.3, -0.25) is 19.2 Å². The maximum Gasteiger partial charge on any atom is 0.305 e. The molecule has 1 aromatic carbocycles. The molecule has 6 N–H and O–H groups in total. The van der Waals surface area contributed by atoms with Crippen LogP contribution in [0.15, 0.2) is 34.2 Å². The van der Waals surface area contributed by atoms with Gasteiger partial charge in [0.05, 0.1) is 5.56 Å². The van der Waals surface area contributed by atoms with E-state index in [4.69, 9.17) is 10.5 Å². The monoisotopic (exact) mass is 472 g/mol. The fraction of sp³-hybridized carbons (Fsp3) is 0.364. The summed E-state index contributed by atoms with van der Waals surface area (Å²) in [7, 11) is 0. The van der Waals surface area contributed by atoms with Crippen LogP contribution in [-0.2, 0) is 30.3 Å². The Morgan fingerprint density at radius 2 is 1.88 bits per heavy atom. The van der Waals surface area contributed by atoms with E-state index >= 15 is 0 Å². The molecule has 0 spiro atoms. The average molecular weight is 472 g/mol. The SMILES string of the molecule is CCC(=O)O[C@H]1[C@@H]2Cc3ccc(N=O)c(O)c3C(O)=C2C(=O)[C@]2(O)C(O)=C(C(N)=O)C(=O)C[C@H]12. The number of Topliss-reactive ketones (excluding diaryl/α,β-unsaturated/α-hetero) is 2. The minimum Gasteiger partial charge on any atom is -0.508 e. The van der Waals surface area contributed by atoms with Gasteiger partial charge in [0.15, 0.2) is 17.1 Å². The lowest BCUT2D eigenvalue weighted by Gasteiger charge is -2.49. The minimum atomic E-state index is -2.93. The summed E-state index contributed by atoms with van der Waals surface area (Å²) in [6.07, 6.45) is -2.22. The molecule has 0 bridgehead atoms. The zero-order valence-electron chi connectivity index (χ0n) is 17.8. The number of rotatable bonds is 4. The summed E-state index contributed by atoms with van der Waals surface area (Å²) in [6.45, 7) is 1.49. The molecule has 0 unspecified atom stereocenters. The van der Waals surface area contributed by atoms with Crippen LogP contribution in [0, 0.1) is 16.7 Å². The number of nitrogens with zero attached hydrogens (tertiary/aromatic N) is 1. The first-order chi connectivity index (χ1) is 16.0. The Kier molecular flexibility index (Phi) is 5.28. The zero-order chi connectivity index (χ0) is 25.1. The van der Waals surface area contributed by atoms with Gasteiger partial charge in [-0.2, -0.15) is 0 Å². The Bertz CT molecular complexity index is 1250. The number of amides is 1. The summed E-state index contributed by atoms with van der Waals surface area (Å²) in [5.41, 5.74) is 0.334. The fourth-order valence-electron chi connectivity index (χ4n) is 5.05. The van der Waals surface area contributed by atoms with Crippen LogP contribution in [0.5, 0.6) is 5.75 Å². The summed E-state index contributed by atoms with van der Waals surface area (Å²) in [6, 6.07) is 2.59. The topological polar surface area (TPSA) is 214 Å². The van der Waals surface area contributed by atoms with Crippen molar-refractivity contribution in [2.75, 3.05) is 0 Å². The molecule has 12 nitrogen and oxygen atoms in total. The van der Waals surface area contributed by atoms with Gasteiger partial charge in [-0.15, -0.1) is 4.91 Å². The van der Waals surface area contributed by atoms with Gasteiger partial charge in [0.1, 0.15) is 28.9 Å². The third-order valence-electron chi connectivity index (χ3n) is 6.65. The van der Waals surface area contributed by atoms with Crippen molar-refractivity contribution in [3.05, 3.63) is 45.1 Å². The number of phenolic OH excluding ortho intramolecular Hbond substituents is 1. The molecule has 1 fully saturated rings. The number of ketones is 2. The van der Waals surface area contributed by atoms with Crippen molar-refractivity contribution in [2.24, 2.45) is 22.7 Å². The van der Waals surface area contributed by atoms with Crippen molar-refractivity contribution in [2.45, 2.75) is 37.9 Å². The molecule has 4 rings (SSSR count). The maximum absolute atomic E-state index is 13.6. The Labute approximate surface area is 191 Å². The number of aliphatic hydroxyl groups excluding tert-OH is 2. The second-order valence-electron chi connectivity index (χ2n) is 8.36. The Balaban J connectivity index is 2.02. The van der Waals surface area contributed by atoms with Gasteiger partial charge in [0.25, 0.3) is 5.91 Å². The Hall–Kier alpha value is -4.06. The first kappa shape index (κ1) is 23.1. The van der Waals surface area contributed by atoms with E-state index in [2.05, 4.69) is 5.18 Å². The molecule has 0 saturated heterocycles. The van der Waals surface area contributed by atoms with Crippen molar-refractivity contribution in [3.8, 4) is 5.75 Å². The second-order valence-corrected chi connectivity index (χ2v) is 8.36. The molecule has 0 radical (unpaired) electrons. The first-order valence-electron chi connectivity index (χ1n) is 10.3. The van der Waals surface area contributed by atoms with Crippen molar-refractivity contribution in [3.63, 3.8) is 0 Å². The number of primary amides is 1. The zero-order valence-corrected chi connectivity index (χ0v) is 17.8. The quantitative estimate of drug-likeness (QED) is 0.235. The highest BCUT2D eigenvalue weighted by Gasteiger charge is 2.65. The van der Waals surface area contributed by atoms with E-state index in [1.807, 2.05) is 0 Å². The molecule has 34 heavy (non-hydrogen) atoms. The highest BCUT2D eigenvalue weighted by atomic mass is 16.5. The highest BCUT2D eigenvalue weighted by Crippen LogP contribution is 2.53. The largest absolute Gasteiger partial charge is 0.508 e. The molecule has 178 valence electrons. The summed E-state index contributed by atoms with van der Waals surface area (Å²) in [5.74, 6) is -9.74. The number of ether oxygens (including phenoxy) is 1. The third kappa shape index (κ3) is 2.95. The molecular formula is C22H20N2O10. The van der Waals surface area contributed by atoms with Crippen molar-refractivity contribution in [1.29, 1.82) is 0 Å². The van der Waals surface area contributed by atoms with Gasteiger partial charge < -0.3 is 30.9 Å². The lowest BCUT2D eigenvalue weighted by atomic mass is 9.57. The van der Waals surface area contributed by atoms with Crippen molar-refractivity contribution >= 4 is 34.9 Å². The highest BCUT2D eigenvalue weighted by molar-refractivity contribution is 6.23. The smallest absolute Gasteiger partial charge is 0.305 e. The number of benzene rings is 1. The summed E-state index contributed by atoms with van der Waals surface area (Å²) in [5, 5.41) is 46.2. The van der Waals surface area contributed by atoms with Crippen LogP contribution in [0.2, 0.25) is 0 Å². The molecule has 1 aromatic rings. The molecule has 3 aliphatic rings. The van der Waals surface area contributed by atoms with Crippen LogP contribution < -0.4 is 5.73 Å². The second kappa shape index (κ2) is 7.76. The number of carbonyl (C=O) groups excluding carboxylic acids is 4. The fourth-order valence-corrected chi connectivity index (χ4v) is 5.05. The number of nitrogens with two attached hydrogens (primary N) is 1. The number of carbonyl (C=O) groups is 4. The van der Waals surface area contributed by atoms with Crippen LogP contribution in [-0.4, -0.2) is 55.6 Å². The first-order valence-corrected chi connectivity index (χ1v) is 10.3. The van der Waals surface area contributed by atoms with Gasteiger partial charge in [0.2, 0.25) is 5.78 Å². The average Bonchev–Trinajstić information content (AvgIpc) is 2.78. The van der Waals surface area contributed by atoms with Crippen LogP contribution in [0.1, 0.15) is 30.9 Å². The van der Waals surface area contributed by atoms with E-state index in [-0.39, 0.29) is 24.0 Å². The standard InChI is InChI=1S/C22H20N2O10/c1-2-12(26)34-18-8-5-7-3-4-10(24-33)16(27)13(7)17(28)14(8)19(29)22(32)9(18)6-11(25)15(20(22)30)21(23)31/h3-4,8-9,18,27-28,30,32H,2,5-6H2,1H3,(H2,23,31)/t8-,9-,18+,22+/m1/s1. The molecular weight excluding hydrogens is 452 g/mol. The van der Waals surface area contributed by atoms with E-state index in [0.29, 0.717) is 0 Å². The molecule has 12 heteroatoms. The van der Waals surface area contributed by atoms with E-state index < -0.39 is 87.5 Å². The lowest BCUT2D eigenvalue weighted by molar-refractivity contribution is -0.177. The van der Waals surface area contributed by atoms with Crippen LogP contribution in [0.25, 0.3) is 5.76 Å². The van der Waals surface area contributed by atoms with E-state index in [0.717, 1.165) is 0 Å². The van der Waals surface area contributed by atoms with Gasteiger partial charge in [-0.1, -0.05) is 13.0 Å². The van der Waals surface area contributed by atoms with Crippen molar-refractivity contribution < 1.29 is 44.3 Å². The van der Waals surface area contributed by atoms with Crippen molar-refractivity contribution in [1.82, 2.24) is 0 Å². The van der Waals surface area contributed by atoms with Crippen LogP contribution >= 0.6 is 0 Å². The molecule has 3 aliphatic carbocycles. The molecule has 1 amide bonds. The van der Waals surface area contributed by atoms with E-state index in [1.54, 1.807) is 0 Å². The van der Waals surface area contributed by atoms with Gasteiger partial charge in [-0.05, 0) is 23.2 Å². The maximum atomic E-state index is 13.6. The van der Waals surface area contributed by atoms with Gasteiger partial charge >= 0.3 is 5.97 Å². The number of nitroso groups, excluding NO2 is 1. The van der Waals surface area contributed by atoms with E-state index in [1.165, 1.54) is 19.1 Å². The molecule has 0 aliphatic heterocycles. The lowest BCUT2D eigenvalue weighted by Crippen LogP contribution is -2.64. The minimum absolute atomic E-state index is 0.0945. The number of fused-ring (bicyclic) bond motifs is 3. The number of hydrogen-bond acceptors (Lipinski definition) is 11. The van der Waals surface area contributed by atoms with Crippen LogP contribution in [0.3, 0.4) is 0 Å². The molecule has 4 atom stereocenters. The number of esters is 1. The molecule has 0 aromatic heterocycles. The number of aromatic hydroxyl groups is 1. The van der Waals surface area contributed by atoms with Crippen LogP contribution in [0.4, 0.5) is 5.69 Å². The number of aliphatic hydroxyl groups is 3. The van der Waals surface area contributed by atoms with Gasteiger partial charge in [0, 0.05) is 30.3 Å². The molecule has 0 heterocycles.